The fourth-order valence-electron chi connectivity index (χ4n) is 1.53. The summed E-state index contributed by atoms with van der Waals surface area (Å²) in [6, 6.07) is 6.69. The van der Waals surface area contributed by atoms with Crippen molar-refractivity contribution in [3.63, 3.8) is 0 Å². The van der Waals surface area contributed by atoms with E-state index in [2.05, 4.69) is 5.32 Å². The van der Waals surface area contributed by atoms with Crippen LogP contribution >= 0.6 is 11.6 Å². The summed E-state index contributed by atoms with van der Waals surface area (Å²) in [7, 11) is 0. The highest BCUT2D eigenvalue weighted by Crippen LogP contribution is 2.17. The summed E-state index contributed by atoms with van der Waals surface area (Å²) in [6.07, 6.45) is 2.56. The van der Waals surface area contributed by atoms with Gasteiger partial charge in [0.2, 0.25) is 0 Å². The molecule has 3 N–H and O–H groups in total. The van der Waals surface area contributed by atoms with Crippen LogP contribution < -0.4 is 10.8 Å². The van der Waals surface area contributed by atoms with Crippen LogP contribution in [0.15, 0.2) is 24.3 Å². The zero-order valence-electron chi connectivity index (χ0n) is 9.74. The molecule has 1 aromatic rings. The smallest absolute Gasteiger partial charge is 0.265 e. The van der Waals surface area contributed by atoms with E-state index in [0.29, 0.717) is 11.4 Å². The zero-order valence-corrected chi connectivity index (χ0v) is 10.5. The van der Waals surface area contributed by atoms with E-state index in [9.17, 15) is 4.79 Å². The monoisotopic (exact) mass is 256 g/mol. The fourth-order valence-corrected chi connectivity index (χ4v) is 1.72. The normalized spacial score (nSPS) is 11.9. The molecule has 1 aromatic carbocycles. The van der Waals surface area contributed by atoms with Gasteiger partial charge in [0.25, 0.3) is 5.91 Å². The SMILES string of the molecule is CCCCC(Nc1cccc(Cl)c1)C(=O)NO. The van der Waals surface area contributed by atoms with Gasteiger partial charge in [-0.25, -0.2) is 5.48 Å². The Morgan fingerprint density at radius 1 is 1.53 bits per heavy atom. The lowest BCUT2D eigenvalue weighted by Crippen LogP contribution is -2.38. The summed E-state index contributed by atoms with van der Waals surface area (Å²) in [5, 5.41) is 12.3. The second kappa shape index (κ2) is 7.14. The number of rotatable bonds is 6. The van der Waals surface area contributed by atoms with Gasteiger partial charge < -0.3 is 5.32 Å². The number of hydrogen-bond acceptors (Lipinski definition) is 3. The lowest BCUT2D eigenvalue weighted by Gasteiger charge is -2.17. The molecule has 1 amide bonds. The number of hydrogen-bond donors (Lipinski definition) is 3. The lowest BCUT2D eigenvalue weighted by atomic mass is 10.1. The predicted molar refractivity (Wildman–Crippen MR) is 68.3 cm³/mol. The molecule has 1 rings (SSSR count). The van der Waals surface area contributed by atoms with E-state index in [4.69, 9.17) is 16.8 Å². The summed E-state index contributed by atoms with van der Waals surface area (Å²) in [6.45, 7) is 2.05. The van der Waals surface area contributed by atoms with Gasteiger partial charge in [0.1, 0.15) is 6.04 Å². The molecule has 5 heteroatoms. The van der Waals surface area contributed by atoms with Crippen LogP contribution in [0.5, 0.6) is 0 Å². The van der Waals surface area contributed by atoms with Gasteiger partial charge in [-0.2, -0.15) is 0 Å². The van der Waals surface area contributed by atoms with Crippen molar-refractivity contribution in [2.45, 2.75) is 32.2 Å². The van der Waals surface area contributed by atoms with Crippen molar-refractivity contribution >= 4 is 23.2 Å². The molecular weight excluding hydrogens is 240 g/mol. The number of anilines is 1. The van der Waals surface area contributed by atoms with Crippen LogP contribution in [0.1, 0.15) is 26.2 Å². The van der Waals surface area contributed by atoms with E-state index in [1.54, 1.807) is 23.7 Å². The van der Waals surface area contributed by atoms with Crippen LogP contribution in [0.3, 0.4) is 0 Å². The Kier molecular flexibility index (Phi) is 5.80. The van der Waals surface area contributed by atoms with Gasteiger partial charge in [0, 0.05) is 10.7 Å². The van der Waals surface area contributed by atoms with Crippen molar-refractivity contribution in [1.82, 2.24) is 5.48 Å². The van der Waals surface area contributed by atoms with Crippen LogP contribution in [0, 0.1) is 0 Å². The van der Waals surface area contributed by atoms with Gasteiger partial charge in [0.15, 0.2) is 0 Å². The molecular formula is C12H17ClN2O2. The van der Waals surface area contributed by atoms with Crippen molar-refractivity contribution in [2.75, 3.05) is 5.32 Å². The quantitative estimate of drug-likeness (QED) is 0.542. The van der Waals surface area contributed by atoms with E-state index >= 15 is 0 Å². The third-order valence-corrected chi connectivity index (χ3v) is 2.67. The van der Waals surface area contributed by atoms with E-state index in [-0.39, 0.29) is 0 Å². The Bertz CT molecular complexity index is 371. The molecule has 0 aromatic heterocycles. The number of carbonyl (C=O) groups is 1. The maximum Gasteiger partial charge on any atom is 0.265 e. The summed E-state index contributed by atoms with van der Waals surface area (Å²) in [5.41, 5.74) is 2.44. The first-order valence-electron chi connectivity index (χ1n) is 5.63. The third-order valence-electron chi connectivity index (χ3n) is 2.44. The van der Waals surface area contributed by atoms with Crippen LogP contribution in [-0.2, 0) is 4.79 Å². The third kappa shape index (κ3) is 4.63. The molecule has 94 valence electrons. The van der Waals surface area contributed by atoms with Crippen molar-refractivity contribution in [3.8, 4) is 0 Å². The average molecular weight is 257 g/mol. The summed E-state index contributed by atoms with van der Waals surface area (Å²) >= 11 is 5.86. The lowest BCUT2D eigenvalue weighted by molar-refractivity contribution is -0.130. The van der Waals surface area contributed by atoms with Crippen LogP contribution in [0.4, 0.5) is 5.69 Å². The van der Waals surface area contributed by atoms with Gasteiger partial charge >= 0.3 is 0 Å². The minimum absolute atomic E-state index is 0.432. The molecule has 17 heavy (non-hydrogen) atoms. The molecule has 0 aliphatic carbocycles. The molecule has 4 nitrogen and oxygen atoms in total. The Balaban J connectivity index is 2.68. The Morgan fingerprint density at radius 2 is 2.29 bits per heavy atom. The number of nitrogens with one attached hydrogen (secondary N) is 2. The van der Waals surface area contributed by atoms with Gasteiger partial charge in [-0.3, -0.25) is 10.0 Å². The predicted octanol–water partition coefficient (Wildman–Crippen LogP) is 2.82. The van der Waals surface area contributed by atoms with Gasteiger partial charge in [-0.15, -0.1) is 0 Å². The minimum atomic E-state index is -0.446. The number of benzene rings is 1. The molecule has 1 unspecified atom stereocenters. The molecule has 0 radical (unpaired) electrons. The molecule has 0 heterocycles. The highest BCUT2D eigenvalue weighted by molar-refractivity contribution is 6.30. The Labute approximate surface area is 106 Å². The first-order valence-corrected chi connectivity index (χ1v) is 6.01. The Morgan fingerprint density at radius 3 is 2.88 bits per heavy atom. The van der Waals surface area contributed by atoms with Gasteiger partial charge in [-0.1, -0.05) is 37.4 Å². The van der Waals surface area contributed by atoms with Crippen molar-refractivity contribution in [1.29, 1.82) is 0 Å². The van der Waals surface area contributed by atoms with Crippen LogP contribution in [0.2, 0.25) is 5.02 Å². The standard InChI is InChI=1S/C12H17ClN2O2/c1-2-3-7-11(12(16)15-17)14-10-6-4-5-9(13)8-10/h4-6,8,11,14,17H,2-3,7H2,1H3,(H,15,16). The summed E-state index contributed by atoms with van der Waals surface area (Å²) in [4.78, 5) is 11.5. The first-order chi connectivity index (χ1) is 8.17. The van der Waals surface area contributed by atoms with Crippen molar-refractivity contribution in [2.24, 2.45) is 0 Å². The largest absolute Gasteiger partial charge is 0.374 e. The molecule has 1 atom stereocenters. The number of carbonyl (C=O) groups excluding carboxylic acids is 1. The maximum atomic E-state index is 11.5. The highest BCUT2D eigenvalue weighted by atomic mass is 35.5. The van der Waals surface area contributed by atoms with E-state index in [1.165, 1.54) is 0 Å². The van der Waals surface area contributed by atoms with Gasteiger partial charge in [0.05, 0.1) is 0 Å². The zero-order chi connectivity index (χ0) is 12.7. The molecule has 0 saturated carbocycles. The number of hydroxylamine groups is 1. The second-order valence-electron chi connectivity index (χ2n) is 3.83. The number of halogens is 1. The molecule has 0 spiro atoms. The van der Waals surface area contributed by atoms with Crippen LogP contribution in [-0.4, -0.2) is 17.2 Å². The summed E-state index contributed by atoms with van der Waals surface area (Å²) < 4.78 is 0. The maximum absolute atomic E-state index is 11.5. The topological polar surface area (TPSA) is 61.4 Å². The molecule has 0 saturated heterocycles. The minimum Gasteiger partial charge on any atom is -0.374 e. The Hall–Kier alpha value is -1.26. The number of unbranched alkanes of at least 4 members (excludes halogenated alkanes) is 1. The first kappa shape index (κ1) is 13.8. The average Bonchev–Trinajstić information content (AvgIpc) is 2.33. The molecule has 0 bridgehead atoms. The summed E-state index contributed by atoms with van der Waals surface area (Å²) in [5.74, 6) is -0.432. The molecule has 0 fully saturated rings. The van der Waals surface area contributed by atoms with Crippen molar-refractivity contribution in [3.05, 3.63) is 29.3 Å². The van der Waals surface area contributed by atoms with Crippen LogP contribution in [0.25, 0.3) is 0 Å². The van der Waals surface area contributed by atoms with Gasteiger partial charge in [-0.05, 0) is 24.6 Å². The van der Waals surface area contributed by atoms with E-state index in [1.807, 2.05) is 13.0 Å². The van der Waals surface area contributed by atoms with E-state index in [0.717, 1.165) is 18.5 Å². The second-order valence-corrected chi connectivity index (χ2v) is 4.26. The molecule has 0 aliphatic rings. The fraction of sp³-hybridized carbons (Fsp3) is 0.417. The highest BCUT2D eigenvalue weighted by Gasteiger charge is 2.16. The molecule has 0 aliphatic heterocycles. The van der Waals surface area contributed by atoms with E-state index < -0.39 is 11.9 Å². The van der Waals surface area contributed by atoms with Crippen molar-refractivity contribution < 1.29 is 10.0 Å². The number of amides is 1.